The minimum absolute atomic E-state index is 0.111. The lowest BCUT2D eigenvalue weighted by Crippen LogP contribution is -2.37. The van der Waals surface area contributed by atoms with E-state index in [0.717, 1.165) is 11.1 Å². The minimum Gasteiger partial charge on any atom is -0.298 e. The molecule has 0 spiro atoms. The van der Waals surface area contributed by atoms with Gasteiger partial charge in [-0.3, -0.25) is 4.79 Å². The lowest BCUT2D eigenvalue weighted by atomic mass is 9.66. The SMILES string of the molecule is CC(=O)C(c1ccc(F)cc1)(c1ccc(F)cc1)c1ccccc1C. The first kappa shape index (κ1) is 17.0. The summed E-state index contributed by atoms with van der Waals surface area (Å²) in [6.07, 6.45) is 0. The van der Waals surface area contributed by atoms with E-state index in [4.69, 9.17) is 0 Å². The van der Waals surface area contributed by atoms with Gasteiger partial charge in [-0.15, -0.1) is 0 Å². The molecule has 0 amide bonds. The third kappa shape index (κ3) is 2.86. The molecule has 25 heavy (non-hydrogen) atoms. The summed E-state index contributed by atoms with van der Waals surface area (Å²) in [5.41, 5.74) is 1.93. The van der Waals surface area contributed by atoms with Crippen LogP contribution in [0, 0.1) is 18.6 Å². The van der Waals surface area contributed by atoms with Crippen molar-refractivity contribution in [1.29, 1.82) is 0 Å². The summed E-state index contributed by atoms with van der Waals surface area (Å²) in [5, 5.41) is 0. The van der Waals surface area contributed by atoms with Gasteiger partial charge >= 0.3 is 0 Å². The maximum atomic E-state index is 13.5. The summed E-state index contributed by atoms with van der Waals surface area (Å²) in [5.74, 6) is -0.852. The first-order valence-corrected chi connectivity index (χ1v) is 8.05. The van der Waals surface area contributed by atoms with Crippen LogP contribution in [0.1, 0.15) is 29.2 Å². The summed E-state index contributed by atoms with van der Waals surface area (Å²) in [6, 6.07) is 19.4. The predicted molar refractivity (Wildman–Crippen MR) is 94.5 cm³/mol. The van der Waals surface area contributed by atoms with Gasteiger partial charge in [0.1, 0.15) is 22.8 Å². The van der Waals surface area contributed by atoms with Crippen molar-refractivity contribution in [1.82, 2.24) is 0 Å². The van der Waals surface area contributed by atoms with Gasteiger partial charge in [-0.25, -0.2) is 8.78 Å². The fourth-order valence-electron chi connectivity index (χ4n) is 3.47. The number of carbonyl (C=O) groups is 1. The Kier molecular flexibility index (Phi) is 4.49. The van der Waals surface area contributed by atoms with E-state index in [-0.39, 0.29) is 17.4 Å². The van der Waals surface area contributed by atoms with Crippen molar-refractivity contribution in [3.8, 4) is 0 Å². The Bertz CT molecular complexity index is 851. The van der Waals surface area contributed by atoms with Gasteiger partial charge < -0.3 is 0 Å². The molecular weight excluding hydrogens is 318 g/mol. The first-order chi connectivity index (χ1) is 12.0. The van der Waals surface area contributed by atoms with Crippen molar-refractivity contribution in [2.45, 2.75) is 19.3 Å². The predicted octanol–water partition coefficient (Wildman–Crippen LogP) is 5.20. The molecule has 0 radical (unpaired) electrons. The Balaban J connectivity index is 2.40. The van der Waals surface area contributed by atoms with Crippen molar-refractivity contribution in [2.75, 3.05) is 0 Å². The van der Waals surface area contributed by atoms with Crippen molar-refractivity contribution >= 4 is 5.78 Å². The number of halogens is 2. The van der Waals surface area contributed by atoms with E-state index >= 15 is 0 Å². The van der Waals surface area contributed by atoms with Crippen molar-refractivity contribution in [2.24, 2.45) is 0 Å². The van der Waals surface area contributed by atoms with E-state index in [1.165, 1.54) is 31.2 Å². The van der Waals surface area contributed by atoms with E-state index in [0.29, 0.717) is 11.1 Å². The Morgan fingerprint density at radius 2 is 1.20 bits per heavy atom. The van der Waals surface area contributed by atoms with Crippen LogP contribution in [-0.2, 0) is 10.2 Å². The molecule has 1 nitrogen and oxygen atoms in total. The molecule has 0 atom stereocenters. The van der Waals surface area contributed by atoms with Crippen LogP contribution in [0.25, 0.3) is 0 Å². The summed E-state index contributed by atoms with van der Waals surface area (Å²) in [6.45, 7) is 3.44. The van der Waals surface area contributed by atoms with Crippen molar-refractivity contribution in [3.63, 3.8) is 0 Å². The first-order valence-electron chi connectivity index (χ1n) is 8.05. The number of Topliss-reactive ketones (excluding diaryl/α,β-unsaturated/α-hetero) is 1. The molecule has 0 fully saturated rings. The second-order valence-corrected chi connectivity index (χ2v) is 6.13. The Labute approximate surface area is 145 Å². The molecule has 0 bridgehead atoms. The van der Waals surface area contributed by atoms with Crippen LogP contribution >= 0.6 is 0 Å². The molecule has 0 saturated carbocycles. The monoisotopic (exact) mass is 336 g/mol. The van der Waals surface area contributed by atoms with Crippen molar-refractivity contribution < 1.29 is 13.6 Å². The van der Waals surface area contributed by atoms with Crippen LogP contribution in [0.3, 0.4) is 0 Å². The highest BCUT2D eigenvalue weighted by molar-refractivity contribution is 5.96. The lowest BCUT2D eigenvalue weighted by Gasteiger charge is -2.34. The van der Waals surface area contributed by atoms with Crippen LogP contribution in [-0.4, -0.2) is 5.78 Å². The van der Waals surface area contributed by atoms with Crippen LogP contribution < -0.4 is 0 Å². The Morgan fingerprint density at radius 3 is 1.60 bits per heavy atom. The highest BCUT2D eigenvalue weighted by atomic mass is 19.1. The Hall–Kier alpha value is -2.81. The largest absolute Gasteiger partial charge is 0.298 e. The van der Waals surface area contributed by atoms with Crippen LogP contribution in [0.4, 0.5) is 8.78 Å². The smallest absolute Gasteiger partial charge is 0.149 e. The molecule has 126 valence electrons. The number of hydrogen-bond donors (Lipinski definition) is 0. The summed E-state index contributed by atoms with van der Waals surface area (Å²) in [7, 11) is 0. The maximum Gasteiger partial charge on any atom is 0.149 e. The third-order valence-electron chi connectivity index (χ3n) is 4.63. The Morgan fingerprint density at radius 1 is 0.760 bits per heavy atom. The fourth-order valence-corrected chi connectivity index (χ4v) is 3.47. The van der Waals surface area contributed by atoms with E-state index < -0.39 is 5.41 Å². The molecule has 0 aliphatic carbocycles. The summed E-state index contributed by atoms with van der Waals surface area (Å²) >= 11 is 0. The highest BCUT2D eigenvalue weighted by Crippen LogP contribution is 2.41. The number of aryl methyl sites for hydroxylation is 1. The van der Waals surface area contributed by atoms with E-state index in [2.05, 4.69) is 0 Å². The molecule has 0 saturated heterocycles. The minimum atomic E-state index is -1.12. The van der Waals surface area contributed by atoms with Crippen LogP contribution in [0.2, 0.25) is 0 Å². The average molecular weight is 336 g/mol. The van der Waals surface area contributed by atoms with Crippen molar-refractivity contribution in [3.05, 3.63) is 107 Å². The van der Waals surface area contributed by atoms with E-state index in [9.17, 15) is 13.6 Å². The number of rotatable bonds is 4. The maximum absolute atomic E-state index is 13.5. The zero-order chi connectivity index (χ0) is 18.0. The molecule has 3 aromatic rings. The molecule has 0 aromatic heterocycles. The van der Waals surface area contributed by atoms with Gasteiger partial charge in [0.2, 0.25) is 0 Å². The molecule has 0 heterocycles. The zero-order valence-electron chi connectivity index (χ0n) is 14.1. The molecule has 0 aliphatic heterocycles. The van der Waals surface area contributed by atoms with Gasteiger partial charge in [-0.2, -0.15) is 0 Å². The van der Waals surface area contributed by atoms with Gasteiger partial charge in [0.05, 0.1) is 0 Å². The molecule has 0 N–H and O–H groups in total. The normalized spacial score (nSPS) is 11.4. The number of hydrogen-bond acceptors (Lipinski definition) is 1. The molecule has 0 unspecified atom stereocenters. The van der Waals surface area contributed by atoms with Gasteiger partial charge in [0, 0.05) is 0 Å². The zero-order valence-corrected chi connectivity index (χ0v) is 14.1. The van der Waals surface area contributed by atoms with Gasteiger partial charge in [-0.1, -0.05) is 48.5 Å². The number of carbonyl (C=O) groups excluding carboxylic acids is 1. The van der Waals surface area contributed by atoms with Gasteiger partial charge in [-0.05, 0) is 60.4 Å². The van der Waals surface area contributed by atoms with E-state index in [1.807, 2.05) is 31.2 Å². The molecule has 0 aliphatic rings. The number of benzene rings is 3. The lowest BCUT2D eigenvalue weighted by molar-refractivity contribution is -0.119. The second kappa shape index (κ2) is 6.60. The molecule has 3 rings (SSSR count). The highest BCUT2D eigenvalue weighted by Gasteiger charge is 2.42. The third-order valence-corrected chi connectivity index (χ3v) is 4.63. The quantitative estimate of drug-likeness (QED) is 0.599. The molecule has 3 aromatic carbocycles. The summed E-state index contributed by atoms with van der Waals surface area (Å²) < 4.78 is 27.0. The number of ketones is 1. The standard InChI is InChI=1S/C22H18F2O/c1-15-5-3-4-6-21(15)22(16(2)25,17-7-11-19(23)12-8-17)18-9-13-20(24)14-10-18/h3-14H,1-2H3. The topological polar surface area (TPSA) is 17.1 Å². The molecule has 3 heteroatoms. The summed E-state index contributed by atoms with van der Waals surface area (Å²) in [4.78, 5) is 13.0. The van der Waals surface area contributed by atoms with Crippen LogP contribution in [0.5, 0.6) is 0 Å². The van der Waals surface area contributed by atoms with Crippen LogP contribution in [0.15, 0.2) is 72.8 Å². The fraction of sp³-hybridized carbons (Fsp3) is 0.136. The van der Waals surface area contributed by atoms with E-state index in [1.54, 1.807) is 24.3 Å². The van der Waals surface area contributed by atoms with Gasteiger partial charge in [0.25, 0.3) is 0 Å². The molecular formula is C22H18F2O. The second-order valence-electron chi connectivity index (χ2n) is 6.13. The van der Waals surface area contributed by atoms with Gasteiger partial charge in [0.15, 0.2) is 0 Å². The average Bonchev–Trinajstić information content (AvgIpc) is 2.59.